The molecule has 0 spiro atoms. The van der Waals surface area contributed by atoms with E-state index < -0.39 is 17.9 Å². The van der Waals surface area contributed by atoms with Gasteiger partial charge in [-0.1, -0.05) is 30.5 Å². The fraction of sp³-hybridized carbons (Fsp3) is 0.389. The van der Waals surface area contributed by atoms with Crippen molar-refractivity contribution < 1.29 is 14.7 Å². The zero-order chi connectivity index (χ0) is 17.3. The highest BCUT2D eigenvalue weighted by atomic mass is 16.4. The molecule has 0 bridgehead atoms. The SMILES string of the molecule is Cc1ccc(-n2nc(C(=O)NC(CC3CC3)C(=O)O)cc2C)cc1. The van der Waals surface area contributed by atoms with Gasteiger partial charge in [-0.25, -0.2) is 9.48 Å². The number of hydrogen-bond acceptors (Lipinski definition) is 3. The van der Waals surface area contributed by atoms with Gasteiger partial charge in [-0.05, 0) is 44.4 Å². The molecule has 1 fully saturated rings. The lowest BCUT2D eigenvalue weighted by Gasteiger charge is -2.12. The maximum Gasteiger partial charge on any atom is 0.326 e. The van der Waals surface area contributed by atoms with E-state index in [1.807, 2.05) is 38.1 Å². The number of carbonyl (C=O) groups excluding carboxylic acids is 1. The molecule has 126 valence electrons. The molecule has 1 amide bonds. The smallest absolute Gasteiger partial charge is 0.326 e. The lowest BCUT2D eigenvalue weighted by Crippen LogP contribution is -2.41. The Hall–Kier alpha value is -2.63. The zero-order valence-corrected chi connectivity index (χ0v) is 13.8. The number of aryl methyl sites for hydroxylation is 2. The summed E-state index contributed by atoms with van der Waals surface area (Å²) in [6.07, 6.45) is 2.57. The standard InChI is InChI=1S/C18H21N3O3/c1-11-3-7-14(8-4-11)21-12(2)9-15(20-21)17(22)19-16(18(23)24)10-13-5-6-13/h3-4,7-9,13,16H,5-6,10H2,1-2H3,(H,19,22)(H,23,24). The number of rotatable bonds is 6. The Balaban J connectivity index is 1.76. The maximum absolute atomic E-state index is 12.4. The summed E-state index contributed by atoms with van der Waals surface area (Å²) < 4.78 is 1.69. The van der Waals surface area contributed by atoms with Crippen LogP contribution in [0.1, 0.15) is 41.0 Å². The van der Waals surface area contributed by atoms with Gasteiger partial charge >= 0.3 is 5.97 Å². The van der Waals surface area contributed by atoms with Gasteiger partial charge in [0.15, 0.2) is 5.69 Å². The van der Waals surface area contributed by atoms with Crippen LogP contribution < -0.4 is 5.32 Å². The van der Waals surface area contributed by atoms with E-state index in [0.29, 0.717) is 12.3 Å². The van der Waals surface area contributed by atoms with Crippen LogP contribution in [0.5, 0.6) is 0 Å². The molecule has 0 saturated heterocycles. The van der Waals surface area contributed by atoms with Crippen molar-refractivity contribution >= 4 is 11.9 Å². The molecule has 1 aromatic carbocycles. The molecule has 1 saturated carbocycles. The first-order valence-corrected chi connectivity index (χ1v) is 8.11. The minimum absolute atomic E-state index is 0.232. The van der Waals surface area contributed by atoms with Crippen LogP contribution in [0.4, 0.5) is 0 Å². The Kier molecular flexibility index (Phi) is 4.38. The van der Waals surface area contributed by atoms with Crippen molar-refractivity contribution in [1.82, 2.24) is 15.1 Å². The van der Waals surface area contributed by atoms with Gasteiger partial charge in [0.2, 0.25) is 0 Å². The van der Waals surface area contributed by atoms with Crippen molar-refractivity contribution in [3.63, 3.8) is 0 Å². The summed E-state index contributed by atoms with van der Waals surface area (Å²) in [5, 5.41) is 16.2. The van der Waals surface area contributed by atoms with Crippen molar-refractivity contribution in [3.8, 4) is 5.69 Å². The summed E-state index contributed by atoms with van der Waals surface area (Å²) in [6.45, 7) is 3.87. The summed E-state index contributed by atoms with van der Waals surface area (Å²) in [5.41, 5.74) is 3.06. The summed E-state index contributed by atoms with van der Waals surface area (Å²) in [7, 11) is 0. The number of hydrogen-bond donors (Lipinski definition) is 2. The monoisotopic (exact) mass is 327 g/mol. The molecular weight excluding hydrogens is 306 g/mol. The topological polar surface area (TPSA) is 84.2 Å². The lowest BCUT2D eigenvalue weighted by molar-refractivity contribution is -0.139. The first-order valence-electron chi connectivity index (χ1n) is 8.11. The van der Waals surface area contributed by atoms with Crippen LogP contribution in [0, 0.1) is 19.8 Å². The molecule has 2 aromatic rings. The van der Waals surface area contributed by atoms with Gasteiger partial charge in [0.05, 0.1) is 5.69 Å². The van der Waals surface area contributed by atoms with E-state index in [4.69, 9.17) is 0 Å². The zero-order valence-electron chi connectivity index (χ0n) is 13.8. The third-order valence-electron chi connectivity index (χ3n) is 4.27. The highest BCUT2D eigenvalue weighted by Crippen LogP contribution is 2.33. The lowest BCUT2D eigenvalue weighted by atomic mass is 10.1. The summed E-state index contributed by atoms with van der Waals surface area (Å²) >= 11 is 0. The van der Waals surface area contributed by atoms with Gasteiger partial charge in [-0.3, -0.25) is 4.79 Å². The predicted octanol–water partition coefficient (Wildman–Crippen LogP) is 2.47. The summed E-state index contributed by atoms with van der Waals surface area (Å²) in [6, 6.07) is 8.65. The van der Waals surface area contributed by atoms with E-state index in [1.54, 1.807) is 10.7 Å². The average molecular weight is 327 g/mol. The molecule has 1 unspecified atom stereocenters. The third kappa shape index (κ3) is 3.64. The number of amides is 1. The largest absolute Gasteiger partial charge is 0.480 e. The van der Waals surface area contributed by atoms with Crippen LogP contribution in [-0.4, -0.2) is 32.8 Å². The van der Waals surface area contributed by atoms with Crippen LogP contribution >= 0.6 is 0 Å². The Morgan fingerprint density at radius 3 is 2.54 bits per heavy atom. The number of nitrogens with one attached hydrogen (secondary N) is 1. The number of nitrogens with zero attached hydrogens (tertiary/aromatic N) is 2. The van der Waals surface area contributed by atoms with Gasteiger partial charge in [-0.15, -0.1) is 0 Å². The predicted molar refractivity (Wildman–Crippen MR) is 89.3 cm³/mol. The van der Waals surface area contributed by atoms with E-state index in [1.165, 1.54) is 0 Å². The number of carboxylic acids is 1. The van der Waals surface area contributed by atoms with Gasteiger partial charge < -0.3 is 10.4 Å². The Bertz CT molecular complexity index is 760. The second-order valence-corrected chi connectivity index (χ2v) is 6.46. The van der Waals surface area contributed by atoms with Crippen molar-refractivity contribution in [2.24, 2.45) is 5.92 Å². The number of aliphatic carboxylic acids is 1. The van der Waals surface area contributed by atoms with E-state index in [0.717, 1.165) is 29.8 Å². The van der Waals surface area contributed by atoms with Crippen LogP contribution in [0.2, 0.25) is 0 Å². The normalized spacial score (nSPS) is 15.1. The minimum Gasteiger partial charge on any atom is -0.480 e. The fourth-order valence-electron chi connectivity index (χ4n) is 2.67. The maximum atomic E-state index is 12.4. The minimum atomic E-state index is -0.995. The van der Waals surface area contributed by atoms with Crippen LogP contribution in [0.15, 0.2) is 30.3 Å². The Morgan fingerprint density at radius 1 is 1.29 bits per heavy atom. The van der Waals surface area contributed by atoms with Crippen molar-refractivity contribution in [2.75, 3.05) is 0 Å². The van der Waals surface area contributed by atoms with Crippen molar-refractivity contribution in [3.05, 3.63) is 47.3 Å². The molecule has 1 aliphatic carbocycles. The molecule has 1 aliphatic rings. The van der Waals surface area contributed by atoms with Crippen molar-refractivity contribution in [2.45, 2.75) is 39.2 Å². The summed E-state index contributed by atoms with van der Waals surface area (Å²) in [4.78, 5) is 23.7. The molecule has 1 atom stereocenters. The molecule has 0 aliphatic heterocycles. The van der Waals surface area contributed by atoms with E-state index in [9.17, 15) is 14.7 Å². The first kappa shape index (κ1) is 16.2. The number of benzene rings is 1. The van der Waals surface area contributed by atoms with E-state index >= 15 is 0 Å². The average Bonchev–Trinajstić information content (AvgIpc) is 3.27. The second kappa shape index (κ2) is 6.47. The number of aromatic nitrogens is 2. The van der Waals surface area contributed by atoms with Crippen molar-refractivity contribution in [1.29, 1.82) is 0 Å². The Morgan fingerprint density at radius 2 is 1.96 bits per heavy atom. The molecule has 24 heavy (non-hydrogen) atoms. The van der Waals surface area contributed by atoms with Gasteiger partial charge in [0.1, 0.15) is 6.04 Å². The molecule has 1 aromatic heterocycles. The van der Waals surface area contributed by atoms with Gasteiger partial charge in [0.25, 0.3) is 5.91 Å². The third-order valence-corrected chi connectivity index (χ3v) is 4.27. The van der Waals surface area contributed by atoms with E-state index in [2.05, 4.69) is 10.4 Å². The number of carbonyl (C=O) groups is 2. The van der Waals surface area contributed by atoms with E-state index in [-0.39, 0.29) is 5.69 Å². The van der Waals surface area contributed by atoms with Crippen LogP contribution in [0.3, 0.4) is 0 Å². The molecule has 0 radical (unpaired) electrons. The van der Waals surface area contributed by atoms with Crippen LogP contribution in [0.25, 0.3) is 5.69 Å². The fourth-order valence-corrected chi connectivity index (χ4v) is 2.67. The molecule has 2 N–H and O–H groups in total. The van der Waals surface area contributed by atoms with Crippen LogP contribution in [-0.2, 0) is 4.79 Å². The number of carboxylic acid groups (broad SMARTS) is 1. The van der Waals surface area contributed by atoms with Gasteiger partial charge in [-0.2, -0.15) is 5.10 Å². The van der Waals surface area contributed by atoms with Gasteiger partial charge in [0, 0.05) is 5.69 Å². The molecule has 1 heterocycles. The quantitative estimate of drug-likeness (QED) is 0.853. The first-order chi connectivity index (χ1) is 11.4. The molecular formula is C18H21N3O3. The second-order valence-electron chi connectivity index (χ2n) is 6.46. The molecule has 6 heteroatoms. The molecule has 3 rings (SSSR count). The highest BCUT2D eigenvalue weighted by Gasteiger charge is 2.30. The highest BCUT2D eigenvalue weighted by molar-refractivity contribution is 5.95. The Labute approximate surface area is 140 Å². The molecule has 6 nitrogen and oxygen atoms in total. The summed E-state index contributed by atoms with van der Waals surface area (Å²) in [5.74, 6) is -1.03.